The number of rotatable bonds is 5. The molecule has 0 fully saturated rings. The second kappa shape index (κ2) is 6.63. The molecule has 3 rings (SSSR count). The van der Waals surface area contributed by atoms with Crippen LogP contribution in [0.4, 0.5) is 5.82 Å². The smallest absolute Gasteiger partial charge is 0.252 e. The molecule has 1 unspecified atom stereocenters. The van der Waals surface area contributed by atoms with Crippen molar-refractivity contribution >= 4 is 23.3 Å². The molecule has 9 heteroatoms. The molecule has 2 aromatic heterocycles. The summed E-state index contributed by atoms with van der Waals surface area (Å²) in [7, 11) is 0. The van der Waals surface area contributed by atoms with Crippen LogP contribution in [0, 0.1) is 0 Å². The summed E-state index contributed by atoms with van der Waals surface area (Å²) in [6.45, 7) is 1.86. The van der Waals surface area contributed by atoms with Crippen LogP contribution in [0.3, 0.4) is 0 Å². The average molecular weight is 344 g/mol. The Hall–Kier alpha value is -3.00. The minimum Gasteiger partial charge on any atom is -0.365 e. The maximum atomic E-state index is 11.5. The summed E-state index contributed by atoms with van der Waals surface area (Å²) in [5.74, 6) is -0.400. The van der Waals surface area contributed by atoms with Gasteiger partial charge in [0, 0.05) is 0 Å². The zero-order chi connectivity index (χ0) is 17.1. The fourth-order valence-electron chi connectivity index (χ4n) is 2.12. The molecule has 0 aliphatic rings. The second-order valence-corrected chi connectivity index (χ2v) is 5.47. The molecule has 8 nitrogen and oxygen atoms in total. The topological polar surface area (TPSA) is 112 Å². The molecule has 0 bridgehead atoms. The van der Waals surface area contributed by atoms with E-state index in [-0.39, 0.29) is 22.6 Å². The van der Waals surface area contributed by atoms with Gasteiger partial charge in [0.15, 0.2) is 11.0 Å². The molecule has 1 atom stereocenters. The maximum Gasteiger partial charge on any atom is 0.252 e. The van der Waals surface area contributed by atoms with Crippen molar-refractivity contribution in [1.82, 2.24) is 25.2 Å². The van der Waals surface area contributed by atoms with Gasteiger partial charge in [0.1, 0.15) is 5.69 Å². The predicted octanol–water partition coefficient (Wildman–Crippen LogP) is 1.98. The number of carbonyl (C=O) groups excluding carboxylic acids is 1. The summed E-state index contributed by atoms with van der Waals surface area (Å²) < 4.78 is 1.66. The number of para-hydroxylation sites is 1. The van der Waals surface area contributed by atoms with Crippen LogP contribution in [0.1, 0.15) is 29.0 Å². The fourth-order valence-corrected chi connectivity index (χ4v) is 2.27. The fraction of sp³-hybridized carbons (Fsp3) is 0.133. The van der Waals surface area contributed by atoms with E-state index < -0.39 is 5.91 Å². The number of amides is 1. The first-order valence-corrected chi connectivity index (χ1v) is 7.49. The van der Waals surface area contributed by atoms with E-state index >= 15 is 0 Å². The number of hydrogen-bond acceptors (Lipinski definition) is 6. The van der Waals surface area contributed by atoms with E-state index in [2.05, 4.69) is 25.8 Å². The Balaban J connectivity index is 1.82. The predicted molar refractivity (Wildman–Crippen MR) is 89.0 cm³/mol. The molecule has 0 saturated heterocycles. The third-order valence-electron chi connectivity index (χ3n) is 3.36. The third kappa shape index (κ3) is 3.33. The van der Waals surface area contributed by atoms with E-state index in [1.165, 1.54) is 6.07 Å². The highest BCUT2D eigenvalue weighted by molar-refractivity contribution is 6.29. The number of benzene rings is 1. The number of nitrogens with zero attached hydrogens (tertiary/aromatic N) is 5. The van der Waals surface area contributed by atoms with Gasteiger partial charge in [0.05, 0.1) is 23.5 Å². The Morgan fingerprint density at radius 2 is 2.00 bits per heavy atom. The molecule has 0 aliphatic heterocycles. The lowest BCUT2D eigenvalue weighted by Crippen LogP contribution is -2.18. The number of nitrogens with two attached hydrogens (primary N) is 1. The van der Waals surface area contributed by atoms with E-state index in [4.69, 9.17) is 17.3 Å². The van der Waals surface area contributed by atoms with Crippen molar-refractivity contribution in [3.63, 3.8) is 0 Å². The van der Waals surface area contributed by atoms with Gasteiger partial charge in [0.25, 0.3) is 5.91 Å². The Morgan fingerprint density at radius 3 is 2.71 bits per heavy atom. The number of carbonyl (C=O) groups is 1. The van der Waals surface area contributed by atoms with Gasteiger partial charge in [-0.05, 0) is 25.1 Å². The van der Waals surface area contributed by atoms with E-state index in [0.29, 0.717) is 5.69 Å². The zero-order valence-corrected chi connectivity index (χ0v) is 13.5. The number of aromatic nitrogens is 5. The largest absolute Gasteiger partial charge is 0.365 e. The van der Waals surface area contributed by atoms with Crippen LogP contribution >= 0.6 is 11.6 Å². The van der Waals surface area contributed by atoms with E-state index in [1.54, 1.807) is 10.9 Å². The first-order chi connectivity index (χ1) is 11.5. The summed E-state index contributed by atoms with van der Waals surface area (Å²) in [5, 5.41) is 19.0. The molecule has 0 spiro atoms. The second-order valence-electron chi connectivity index (χ2n) is 5.08. The van der Waals surface area contributed by atoms with E-state index in [0.717, 1.165) is 5.69 Å². The molecule has 0 aliphatic carbocycles. The molecule has 24 heavy (non-hydrogen) atoms. The van der Waals surface area contributed by atoms with Gasteiger partial charge >= 0.3 is 0 Å². The van der Waals surface area contributed by atoms with E-state index in [1.807, 2.05) is 37.3 Å². The Morgan fingerprint density at radius 1 is 1.25 bits per heavy atom. The SMILES string of the molecule is CC(Nc1nnc(Cl)cc1C(N)=O)c1cn(-c2ccccc2)nn1. The molecule has 2 heterocycles. The quantitative estimate of drug-likeness (QED) is 0.732. The van der Waals surface area contributed by atoms with Crippen molar-refractivity contribution in [2.24, 2.45) is 5.73 Å². The van der Waals surface area contributed by atoms with Crippen LogP contribution in [0.5, 0.6) is 0 Å². The zero-order valence-electron chi connectivity index (χ0n) is 12.7. The average Bonchev–Trinajstić information content (AvgIpc) is 3.07. The standard InChI is InChI=1S/C15H14ClN7O/c1-9(18-15-11(14(17)24)7-13(16)20-21-15)12-8-23(22-19-12)10-5-3-2-4-6-10/h2-9H,1H3,(H2,17,24)(H,18,21). The number of halogens is 1. The number of anilines is 1. The maximum absolute atomic E-state index is 11.5. The highest BCUT2D eigenvalue weighted by Gasteiger charge is 2.17. The van der Waals surface area contributed by atoms with Crippen LogP contribution in [-0.4, -0.2) is 31.1 Å². The molecule has 0 saturated carbocycles. The third-order valence-corrected chi connectivity index (χ3v) is 3.54. The highest BCUT2D eigenvalue weighted by Crippen LogP contribution is 2.21. The molecule has 3 aromatic rings. The minimum absolute atomic E-state index is 0.0945. The Kier molecular flexibility index (Phi) is 4.39. The lowest BCUT2D eigenvalue weighted by atomic mass is 10.2. The van der Waals surface area contributed by atoms with Gasteiger partial charge < -0.3 is 11.1 Å². The Labute approximate surface area is 142 Å². The molecular weight excluding hydrogens is 330 g/mol. The van der Waals surface area contributed by atoms with Gasteiger partial charge in [-0.25, -0.2) is 4.68 Å². The van der Waals surface area contributed by atoms with Crippen molar-refractivity contribution < 1.29 is 4.79 Å². The summed E-state index contributed by atoms with van der Waals surface area (Å²) in [4.78, 5) is 11.5. The van der Waals surface area contributed by atoms with Crippen LogP contribution < -0.4 is 11.1 Å². The van der Waals surface area contributed by atoms with Crippen molar-refractivity contribution in [2.75, 3.05) is 5.32 Å². The lowest BCUT2D eigenvalue weighted by Gasteiger charge is -2.13. The monoisotopic (exact) mass is 343 g/mol. The van der Waals surface area contributed by atoms with Gasteiger partial charge in [-0.3, -0.25) is 4.79 Å². The minimum atomic E-state index is -0.644. The van der Waals surface area contributed by atoms with Gasteiger partial charge in [-0.15, -0.1) is 15.3 Å². The van der Waals surface area contributed by atoms with Gasteiger partial charge in [-0.2, -0.15) is 0 Å². The summed E-state index contributed by atoms with van der Waals surface area (Å²) in [6, 6.07) is 10.7. The van der Waals surface area contributed by atoms with Crippen LogP contribution in [0.15, 0.2) is 42.6 Å². The normalized spacial score (nSPS) is 11.9. The van der Waals surface area contributed by atoms with Crippen molar-refractivity contribution in [2.45, 2.75) is 13.0 Å². The van der Waals surface area contributed by atoms with Crippen LogP contribution in [0.25, 0.3) is 5.69 Å². The number of nitrogens with one attached hydrogen (secondary N) is 1. The first-order valence-electron chi connectivity index (χ1n) is 7.12. The summed E-state index contributed by atoms with van der Waals surface area (Å²) in [6.07, 6.45) is 1.79. The van der Waals surface area contributed by atoms with Crippen LogP contribution in [-0.2, 0) is 0 Å². The molecule has 1 amide bonds. The molecule has 0 radical (unpaired) electrons. The van der Waals surface area contributed by atoms with Crippen molar-refractivity contribution in [3.8, 4) is 5.69 Å². The highest BCUT2D eigenvalue weighted by atomic mass is 35.5. The number of primary amides is 1. The molecule has 3 N–H and O–H groups in total. The summed E-state index contributed by atoms with van der Waals surface area (Å²) >= 11 is 5.75. The molecular formula is C15H14ClN7O. The molecule has 122 valence electrons. The lowest BCUT2D eigenvalue weighted by molar-refractivity contribution is 0.100. The van der Waals surface area contributed by atoms with Crippen molar-refractivity contribution in [1.29, 1.82) is 0 Å². The van der Waals surface area contributed by atoms with Gasteiger partial charge in [-0.1, -0.05) is 35.0 Å². The first kappa shape index (κ1) is 15.9. The summed E-state index contributed by atoms with van der Waals surface area (Å²) in [5.41, 5.74) is 7.07. The van der Waals surface area contributed by atoms with Crippen molar-refractivity contribution in [3.05, 3.63) is 59.0 Å². The van der Waals surface area contributed by atoms with Gasteiger partial charge in [0.2, 0.25) is 0 Å². The van der Waals surface area contributed by atoms with Crippen LogP contribution in [0.2, 0.25) is 5.15 Å². The van der Waals surface area contributed by atoms with E-state index in [9.17, 15) is 4.79 Å². The Bertz CT molecular complexity index is 865. The number of hydrogen-bond donors (Lipinski definition) is 2. The molecule has 1 aromatic carbocycles.